The van der Waals surface area contributed by atoms with E-state index in [0.29, 0.717) is 24.5 Å². The minimum atomic E-state index is 0.418. The summed E-state index contributed by atoms with van der Waals surface area (Å²) in [6, 6.07) is 11.4. The fourth-order valence-corrected chi connectivity index (χ4v) is 3.87. The molecule has 1 aliphatic rings. The third kappa shape index (κ3) is 5.18. The van der Waals surface area contributed by atoms with Crippen molar-refractivity contribution in [3.63, 3.8) is 0 Å². The molecule has 2 N–H and O–H groups in total. The highest BCUT2D eigenvalue weighted by Gasteiger charge is 2.31. The van der Waals surface area contributed by atoms with Crippen LogP contribution in [0.15, 0.2) is 35.3 Å². The van der Waals surface area contributed by atoms with Gasteiger partial charge in [0.2, 0.25) is 0 Å². The molecule has 0 amide bonds. The van der Waals surface area contributed by atoms with Gasteiger partial charge in [-0.15, -0.1) is 0 Å². The lowest BCUT2D eigenvalue weighted by Gasteiger charge is -2.22. The highest BCUT2D eigenvalue weighted by Crippen LogP contribution is 2.23. The van der Waals surface area contributed by atoms with E-state index in [1.54, 1.807) is 0 Å². The van der Waals surface area contributed by atoms with Crippen molar-refractivity contribution in [1.29, 1.82) is 0 Å². The molecule has 0 radical (unpaired) electrons. The summed E-state index contributed by atoms with van der Waals surface area (Å²) in [4.78, 5) is 14.3. The second-order valence-electron chi connectivity index (χ2n) is 8.52. The lowest BCUT2D eigenvalue weighted by atomic mass is 10.1. The summed E-state index contributed by atoms with van der Waals surface area (Å²) in [5.74, 6) is 2.45. The van der Waals surface area contributed by atoms with Crippen molar-refractivity contribution in [1.82, 2.24) is 20.5 Å². The van der Waals surface area contributed by atoms with Crippen LogP contribution in [0.3, 0.4) is 0 Å². The molecule has 2 atom stereocenters. The summed E-state index contributed by atoms with van der Waals surface area (Å²) in [6.07, 6.45) is 0. The predicted octanol–water partition coefficient (Wildman–Crippen LogP) is 3.08. The third-order valence-electron chi connectivity index (χ3n) is 5.69. The van der Waals surface area contributed by atoms with Gasteiger partial charge in [-0.05, 0) is 44.4 Å². The molecule has 1 aliphatic heterocycles. The van der Waals surface area contributed by atoms with Gasteiger partial charge in [-0.3, -0.25) is 4.90 Å². The fourth-order valence-electron chi connectivity index (χ4n) is 3.87. The summed E-state index contributed by atoms with van der Waals surface area (Å²) < 4.78 is 0. The summed E-state index contributed by atoms with van der Waals surface area (Å²) in [6.45, 7) is 12.6. The highest BCUT2D eigenvalue weighted by atomic mass is 15.3. The van der Waals surface area contributed by atoms with Crippen LogP contribution in [0.2, 0.25) is 0 Å². The van der Waals surface area contributed by atoms with Crippen LogP contribution in [0.1, 0.15) is 33.3 Å². The zero-order valence-corrected chi connectivity index (χ0v) is 18.7. The van der Waals surface area contributed by atoms with Crippen molar-refractivity contribution < 1.29 is 0 Å². The van der Waals surface area contributed by atoms with Crippen LogP contribution in [0.5, 0.6) is 0 Å². The van der Waals surface area contributed by atoms with Gasteiger partial charge in [0.25, 0.3) is 0 Å². The van der Waals surface area contributed by atoms with Gasteiger partial charge in [0.05, 0.1) is 12.1 Å². The number of hydrogen-bond donors (Lipinski definition) is 2. The zero-order valence-electron chi connectivity index (χ0n) is 18.7. The maximum absolute atomic E-state index is 4.93. The molecule has 1 aromatic heterocycles. The van der Waals surface area contributed by atoms with Crippen molar-refractivity contribution in [2.45, 2.75) is 46.3 Å². The Morgan fingerprint density at radius 2 is 2.03 bits per heavy atom. The number of benzene rings is 1. The topological polar surface area (TPSA) is 55.8 Å². The summed E-state index contributed by atoms with van der Waals surface area (Å²) in [5, 5.41) is 8.27. The van der Waals surface area contributed by atoms with E-state index >= 15 is 0 Å². The van der Waals surface area contributed by atoms with E-state index in [1.165, 1.54) is 5.56 Å². The molecule has 6 heteroatoms. The Morgan fingerprint density at radius 1 is 1.28 bits per heavy atom. The van der Waals surface area contributed by atoms with Crippen LogP contribution in [0.25, 0.3) is 10.9 Å². The van der Waals surface area contributed by atoms with Crippen LogP contribution in [0, 0.1) is 5.92 Å². The Balaban J connectivity index is 1.82. The standard InChI is InChI=1S/C23H36N6/c1-7-24-23(27-21-15-29(16(2)3)14-17(21)4)25-13-18-12-22(28(5)6)26-20-11-9-8-10-19(18)20/h8-12,16-17,21H,7,13-15H2,1-6H3,(H2,24,25,27). The van der Waals surface area contributed by atoms with Crippen LogP contribution >= 0.6 is 0 Å². The molecule has 3 rings (SSSR count). The quantitative estimate of drug-likeness (QED) is 0.581. The first-order chi connectivity index (χ1) is 13.9. The molecular formula is C23H36N6. The van der Waals surface area contributed by atoms with Crippen molar-refractivity contribution >= 4 is 22.7 Å². The average molecular weight is 397 g/mol. The molecule has 1 saturated heterocycles. The minimum Gasteiger partial charge on any atom is -0.363 e. The smallest absolute Gasteiger partial charge is 0.191 e. The number of aromatic nitrogens is 1. The summed E-state index contributed by atoms with van der Waals surface area (Å²) in [7, 11) is 4.05. The van der Waals surface area contributed by atoms with Gasteiger partial charge in [-0.25, -0.2) is 9.98 Å². The Morgan fingerprint density at radius 3 is 2.69 bits per heavy atom. The highest BCUT2D eigenvalue weighted by molar-refractivity contribution is 5.85. The number of guanidine groups is 1. The number of fused-ring (bicyclic) bond motifs is 1. The second kappa shape index (κ2) is 9.44. The molecule has 1 fully saturated rings. The molecule has 2 unspecified atom stereocenters. The first kappa shape index (κ1) is 21.4. The molecule has 29 heavy (non-hydrogen) atoms. The number of aliphatic imine (C=N–C) groups is 1. The molecule has 2 heterocycles. The first-order valence-electron chi connectivity index (χ1n) is 10.7. The van der Waals surface area contributed by atoms with E-state index in [4.69, 9.17) is 9.98 Å². The lowest BCUT2D eigenvalue weighted by molar-refractivity contribution is 0.265. The molecule has 0 spiro atoms. The lowest BCUT2D eigenvalue weighted by Crippen LogP contribution is -2.46. The maximum atomic E-state index is 4.93. The van der Waals surface area contributed by atoms with E-state index in [0.717, 1.165) is 42.3 Å². The fraction of sp³-hybridized carbons (Fsp3) is 0.565. The number of likely N-dealkylation sites (tertiary alicyclic amines) is 1. The number of hydrogen-bond acceptors (Lipinski definition) is 4. The van der Waals surface area contributed by atoms with Gasteiger partial charge >= 0.3 is 0 Å². The van der Waals surface area contributed by atoms with E-state index in [-0.39, 0.29) is 0 Å². The van der Waals surface area contributed by atoms with E-state index in [2.05, 4.69) is 67.5 Å². The van der Waals surface area contributed by atoms with Gasteiger partial charge in [0, 0.05) is 51.2 Å². The van der Waals surface area contributed by atoms with E-state index in [9.17, 15) is 0 Å². The Kier molecular flexibility index (Phi) is 6.96. The average Bonchev–Trinajstić information content (AvgIpc) is 3.06. The SMILES string of the molecule is CCNC(=NCc1cc(N(C)C)nc2ccccc12)NC1CN(C(C)C)CC1C. The maximum Gasteiger partial charge on any atom is 0.191 e. The molecule has 0 bridgehead atoms. The Labute approximate surface area is 175 Å². The molecule has 158 valence electrons. The number of rotatable bonds is 6. The largest absolute Gasteiger partial charge is 0.363 e. The third-order valence-corrected chi connectivity index (χ3v) is 5.69. The number of para-hydroxylation sites is 1. The molecule has 0 aliphatic carbocycles. The molecule has 1 aromatic carbocycles. The number of nitrogens with one attached hydrogen (secondary N) is 2. The number of anilines is 1. The van der Waals surface area contributed by atoms with Crippen molar-refractivity contribution in [2.75, 3.05) is 38.6 Å². The summed E-state index contributed by atoms with van der Waals surface area (Å²) in [5.41, 5.74) is 2.21. The number of pyridine rings is 1. The normalized spacial score (nSPS) is 20.4. The van der Waals surface area contributed by atoms with Crippen molar-refractivity contribution in [2.24, 2.45) is 10.9 Å². The minimum absolute atomic E-state index is 0.418. The molecular weight excluding hydrogens is 360 g/mol. The molecule has 2 aromatic rings. The first-order valence-corrected chi connectivity index (χ1v) is 10.7. The predicted molar refractivity (Wildman–Crippen MR) is 124 cm³/mol. The van der Waals surface area contributed by atoms with E-state index in [1.807, 2.05) is 25.1 Å². The van der Waals surface area contributed by atoms with Gasteiger partial charge in [-0.2, -0.15) is 0 Å². The molecule has 6 nitrogen and oxygen atoms in total. The van der Waals surface area contributed by atoms with Crippen molar-refractivity contribution in [3.05, 3.63) is 35.9 Å². The van der Waals surface area contributed by atoms with Crippen LogP contribution in [0.4, 0.5) is 5.82 Å². The van der Waals surface area contributed by atoms with Gasteiger partial charge in [-0.1, -0.05) is 25.1 Å². The zero-order chi connectivity index (χ0) is 21.0. The Bertz CT molecular complexity index is 844. The van der Waals surface area contributed by atoms with E-state index < -0.39 is 0 Å². The Hall–Kier alpha value is -2.34. The van der Waals surface area contributed by atoms with Gasteiger partial charge in [0.1, 0.15) is 5.82 Å². The monoisotopic (exact) mass is 396 g/mol. The van der Waals surface area contributed by atoms with Gasteiger partial charge in [0.15, 0.2) is 5.96 Å². The number of nitrogens with zero attached hydrogens (tertiary/aromatic N) is 4. The van der Waals surface area contributed by atoms with Crippen molar-refractivity contribution in [3.8, 4) is 0 Å². The molecule has 0 saturated carbocycles. The summed E-state index contributed by atoms with van der Waals surface area (Å²) >= 11 is 0. The van der Waals surface area contributed by atoms with Crippen LogP contribution in [-0.2, 0) is 6.54 Å². The van der Waals surface area contributed by atoms with Gasteiger partial charge < -0.3 is 15.5 Å². The second-order valence-corrected chi connectivity index (χ2v) is 8.52. The van der Waals surface area contributed by atoms with Crippen LogP contribution < -0.4 is 15.5 Å². The van der Waals surface area contributed by atoms with Crippen LogP contribution in [-0.4, -0.2) is 61.7 Å².